The fourth-order valence-electron chi connectivity index (χ4n) is 4.52. The summed E-state index contributed by atoms with van der Waals surface area (Å²) in [4.78, 5) is 2.33. The van der Waals surface area contributed by atoms with Crippen LogP contribution >= 0.6 is 11.6 Å². The summed E-state index contributed by atoms with van der Waals surface area (Å²) in [5, 5.41) is 10.8. The van der Waals surface area contributed by atoms with Crippen LogP contribution in [0, 0.1) is 17.7 Å². The Morgan fingerprint density at radius 1 is 1.11 bits per heavy atom. The quantitative estimate of drug-likeness (QED) is 0.811. The molecule has 0 unspecified atom stereocenters. The molecule has 1 saturated heterocycles. The second-order valence-electron chi connectivity index (χ2n) is 7.81. The van der Waals surface area contributed by atoms with Crippen molar-refractivity contribution in [3.8, 4) is 11.5 Å². The lowest BCUT2D eigenvalue weighted by Gasteiger charge is -2.35. The van der Waals surface area contributed by atoms with Gasteiger partial charge in [-0.2, -0.15) is 0 Å². The fraction of sp³-hybridized carbons (Fsp3) is 0.455. The van der Waals surface area contributed by atoms with E-state index < -0.39 is 6.10 Å². The first-order chi connectivity index (χ1) is 13.5. The van der Waals surface area contributed by atoms with Gasteiger partial charge in [0.15, 0.2) is 11.5 Å². The van der Waals surface area contributed by atoms with Crippen LogP contribution in [0.2, 0.25) is 5.02 Å². The Morgan fingerprint density at radius 2 is 1.82 bits per heavy atom. The number of hydrogen-bond acceptors (Lipinski definition) is 4. The Balaban J connectivity index is 1.40. The number of nitrogens with zero attached hydrogens (tertiary/aromatic N) is 1. The molecule has 4 atom stereocenters. The highest BCUT2D eigenvalue weighted by molar-refractivity contribution is 6.30. The predicted octanol–water partition coefficient (Wildman–Crippen LogP) is 4.14. The standard InChI is InChI=1S/C22H25ClFNO3/c1-27-20-4-2-3-5-21(20)28-22-10-16-13-25(12-15(16)9-19(22)26)11-14-6-7-17(23)18(24)8-14/h2-8,15-16,19,22,26H,9-13H2,1H3/t15-,16+,19+,22+/m0/s1. The van der Waals surface area contributed by atoms with Gasteiger partial charge in [0.25, 0.3) is 0 Å². The van der Waals surface area contributed by atoms with Crippen LogP contribution < -0.4 is 9.47 Å². The summed E-state index contributed by atoms with van der Waals surface area (Å²) in [7, 11) is 1.62. The lowest BCUT2D eigenvalue weighted by atomic mass is 9.78. The zero-order valence-electron chi connectivity index (χ0n) is 15.9. The Morgan fingerprint density at radius 3 is 2.54 bits per heavy atom. The maximum absolute atomic E-state index is 13.7. The van der Waals surface area contributed by atoms with Gasteiger partial charge in [-0.3, -0.25) is 4.90 Å². The number of aliphatic hydroxyl groups is 1. The molecule has 0 bridgehead atoms. The number of hydrogen-bond donors (Lipinski definition) is 1. The number of methoxy groups -OCH3 is 1. The molecule has 150 valence electrons. The summed E-state index contributed by atoms with van der Waals surface area (Å²) < 4.78 is 25.2. The summed E-state index contributed by atoms with van der Waals surface area (Å²) in [6, 6.07) is 12.5. The third-order valence-corrected chi connectivity index (χ3v) is 6.20. The summed E-state index contributed by atoms with van der Waals surface area (Å²) in [5.41, 5.74) is 0.919. The van der Waals surface area contributed by atoms with Gasteiger partial charge in [0.2, 0.25) is 0 Å². The minimum Gasteiger partial charge on any atom is -0.493 e. The van der Waals surface area contributed by atoms with Crippen molar-refractivity contribution in [1.29, 1.82) is 0 Å². The van der Waals surface area contributed by atoms with Crippen LogP contribution in [0.3, 0.4) is 0 Å². The van der Waals surface area contributed by atoms with Crippen LogP contribution in [0.25, 0.3) is 0 Å². The van der Waals surface area contributed by atoms with Gasteiger partial charge in [0, 0.05) is 19.6 Å². The molecule has 1 heterocycles. The van der Waals surface area contributed by atoms with Gasteiger partial charge in [-0.05, 0) is 54.5 Å². The zero-order valence-corrected chi connectivity index (χ0v) is 16.6. The zero-order chi connectivity index (χ0) is 19.7. The molecule has 2 aromatic carbocycles. The Hall–Kier alpha value is -1.82. The van der Waals surface area contributed by atoms with Crippen LogP contribution in [-0.2, 0) is 6.54 Å². The van der Waals surface area contributed by atoms with Crippen molar-refractivity contribution in [3.63, 3.8) is 0 Å². The molecule has 2 aliphatic rings. The number of likely N-dealkylation sites (tertiary alicyclic amines) is 1. The lowest BCUT2D eigenvalue weighted by molar-refractivity contribution is -0.0240. The maximum atomic E-state index is 13.7. The van der Waals surface area contributed by atoms with Gasteiger partial charge in [-0.1, -0.05) is 29.8 Å². The minimum absolute atomic E-state index is 0.151. The maximum Gasteiger partial charge on any atom is 0.161 e. The molecule has 0 spiro atoms. The molecule has 2 fully saturated rings. The van der Waals surface area contributed by atoms with Crippen LogP contribution in [0.1, 0.15) is 18.4 Å². The molecule has 1 aliphatic carbocycles. The summed E-state index contributed by atoms with van der Waals surface area (Å²) in [6.07, 6.45) is 0.773. The van der Waals surface area contributed by atoms with Gasteiger partial charge in [-0.15, -0.1) is 0 Å². The first kappa shape index (κ1) is 19.5. The molecular weight excluding hydrogens is 381 g/mol. The highest BCUT2D eigenvalue weighted by Gasteiger charge is 2.42. The average Bonchev–Trinajstić information content (AvgIpc) is 3.06. The average molecular weight is 406 g/mol. The van der Waals surface area contributed by atoms with Gasteiger partial charge in [0.05, 0.1) is 18.2 Å². The summed E-state index contributed by atoms with van der Waals surface area (Å²) >= 11 is 5.78. The minimum atomic E-state index is -0.501. The van der Waals surface area contributed by atoms with E-state index in [1.54, 1.807) is 13.2 Å². The number of rotatable bonds is 5. The molecule has 4 rings (SSSR count). The van der Waals surface area contributed by atoms with Gasteiger partial charge in [-0.25, -0.2) is 4.39 Å². The van der Waals surface area contributed by atoms with E-state index in [-0.39, 0.29) is 16.9 Å². The Labute approximate surface area is 169 Å². The summed E-state index contributed by atoms with van der Waals surface area (Å²) in [6.45, 7) is 2.52. The molecule has 28 heavy (non-hydrogen) atoms. The lowest BCUT2D eigenvalue weighted by Crippen LogP contribution is -2.42. The van der Waals surface area contributed by atoms with Gasteiger partial charge < -0.3 is 14.6 Å². The van der Waals surface area contributed by atoms with Crippen molar-refractivity contribution in [3.05, 3.63) is 58.9 Å². The first-order valence-electron chi connectivity index (χ1n) is 9.67. The van der Waals surface area contributed by atoms with Crippen molar-refractivity contribution < 1.29 is 19.0 Å². The highest BCUT2D eigenvalue weighted by atomic mass is 35.5. The number of ether oxygens (including phenoxy) is 2. The number of benzene rings is 2. The van der Waals surface area contributed by atoms with E-state index in [0.29, 0.717) is 29.9 Å². The first-order valence-corrected chi connectivity index (χ1v) is 10.1. The Kier molecular flexibility index (Phi) is 5.76. The SMILES string of the molecule is COc1ccccc1O[C@@H]1C[C@@H]2CN(Cc3ccc(Cl)c(F)c3)C[C@@H]2C[C@H]1O. The second kappa shape index (κ2) is 8.27. The van der Waals surface area contributed by atoms with E-state index in [1.807, 2.05) is 30.3 Å². The molecule has 1 aliphatic heterocycles. The van der Waals surface area contributed by atoms with Crippen molar-refractivity contribution in [2.24, 2.45) is 11.8 Å². The van der Waals surface area contributed by atoms with Gasteiger partial charge >= 0.3 is 0 Å². The van der Waals surface area contributed by atoms with E-state index >= 15 is 0 Å². The Bertz CT molecular complexity index is 833. The van der Waals surface area contributed by atoms with Crippen LogP contribution in [0.5, 0.6) is 11.5 Å². The van der Waals surface area contributed by atoms with Crippen molar-refractivity contribution in [2.45, 2.75) is 31.6 Å². The predicted molar refractivity (Wildman–Crippen MR) is 106 cm³/mol. The molecule has 0 aromatic heterocycles. The molecule has 0 amide bonds. The van der Waals surface area contributed by atoms with E-state index in [0.717, 1.165) is 31.5 Å². The smallest absolute Gasteiger partial charge is 0.161 e. The number of fused-ring (bicyclic) bond motifs is 1. The van der Waals surface area contributed by atoms with Crippen molar-refractivity contribution in [1.82, 2.24) is 4.90 Å². The summed E-state index contributed by atoms with van der Waals surface area (Å²) in [5.74, 6) is 1.86. The van der Waals surface area contributed by atoms with Crippen molar-refractivity contribution in [2.75, 3.05) is 20.2 Å². The van der Waals surface area contributed by atoms with E-state index in [1.165, 1.54) is 6.07 Å². The molecule has 1 saturated carbocycles. The normalized spacial score (nSPS) is 27.4. The fourth-order valence-corrected chi connectivity index (χ4v) is 4.64. The van der Waals surface area contributed by atoms with Crippen LogP contribution in [0.4, 0.5) is 4.39 Å². The third-order valence-electron chi connectivity index (χ3n) is 5.90. The number of para-hydroxylation sites is 2. The molecular formula is C22H25ClFNO3. The van der Waals surface area contributed by atoms with E-state index in [4.69, 9.17) is 21.1 Å². The largest absolute Gasteiger partial charge is 0.493 e. The number of halogens is 2. The van der Waals surface area contributed by atoms with E-state index in [9.17, 15) is 9.50 Å². The molecule has 1 N–H and O–H groups in total. The third kappa shape index (κ3) is 4.12. The number of aliphatic hydroxyl groups excluding tert-OH is 1. The molecule has 2 aromatic rings. The van der Waals surface area contributed by atoms with Crippen molar-refractivity contribution >= 4 is 11.6 Å². The molecule has 4 nitrogen and oxygen atoms in total. The van der Waals surface area contributed by atoms with Gasteiger partial charge in [0.1, 0.15) is 11.9 Å². The van der Waals surface area contributed by atoms with E-state index in [2.05, 4.69) is 4.90 Å². The topological polar surface area (TPSA) is 41.9 Å². The monoisotopic (exact) mass is 405 g/mol. The van der Waals surface area contributed by atoms with Crippen LogP contribution in [-0.4, -0.2) is 42.4 Å². The second-order valence-corrected chi connectivity index (χ2v) is 8.22. The highest BCUT2D eigenvalue weighted by Crippen LogP contribution is 2.39. The van der Waals surface area contributed by atoms with Crippen LogP contribution in [0.15, 0.2) is 42.5 Å². The molecule has 0 radical (unpaired) electrons. The molecule has 6 heteroatoms.